The summed E-state index contributed by atoms with van der Waals surface area (Å²) in [5.74, 6) is -0.0501. The molecule has 0 aromatic carbocycles. The second-order valence-electron chi connectivity index (χ2n) is 5.70. The summed E-state index contributed by atoms with van der Waals surface area (Å²) < 4.78 is 0. The van der Waals surface area contributed by atoms with Crippen LogP contribution < -0.4 is 4.90 Å². The molecule has 0 unspecified atom stereocenters. The summed E-state index contributed by atoms with van der Waals surface area (Å²) in [7, 11) is 0. The minimum absolute atomic E-state index is 0.158. The maximum atomic E-state index is 10.6. The molecule has 0 aliphatic carbocycles. The molecule has 0 bridgehead atoms. The number of hydrogen-bond acceptors (Lipinski definition) is 5. The average Bonchev–Trinajstić information content (AvgIpc) is 2.85. The van der Waals surface area contributed by atoms with Crippen molar-refractivity contribution in [3.05, 3.63) is 11.1 Å². The van der Waals surface area contributed by atoms with Crippen LogP contribution in [0.4, 0.5) is 5.13 Å². The minimum Gasteiger partial charge on any atom is -0.481 e. The van der Waals surface area contributed by atoms with Gasteiger partial charge in [-0.1, -0.05) is 13.8 Å². The van der Waals surface area contributed by atoms with E-state index in [9.17, 15) is 4.79 Å². The van der Waals surface area contributed by atoms with Gasteiger partial charge in [0.1, 0.15) is 0 Å². The molecule has 0 radical (unpaired) electrons. The molecule has 2 heterocycles. The molecule has 1 aliphatic heterocycles. The predicted octanol–water partition coefficient (Wildman–Crippen LogP) is 1.94. The maximum absolute atomic E-state index is 10.6. The van der Waals surface area contributed by atoms with Gasteiger partial charge in [0.05, 0.1) is 12.1 Å². The maximum Gasteiger partial charge on any atom is 0.303 e. The first-order valence-corrected chi connectivity index (χ1v) is 8.06. The number of carboxylic acid groups (broad SMARTS) is 1. The molecule has 1 N–H and O–H groups in total. The van der Waals surface area contributed by atoms with E-state index in [2.05, 4.69) is 28.6 Å². The lowest BCUT2D eigenvalue weighted by atomic mass is 10.2. The van der Waals surface area contributed by atoms with Gasteiger partial charge >= 0.3 is 5.97 Å². The third-order valence-corrected chi connectivity index (χ3v) is 4.35. The average molecular weight is 297 g/mol. The lowest BCUT2D eigenvalue weighted by Crippen LogP contribution is -2.47. The van der Waals surface area contributed by atoms with Crippen LogP contribution >= 0.6 is 11.3 Å². The van der Waals surface area contributed by atoms with Gasteiger partial charge in [0, 0.05) is 44.5 Å². The van der Waals surface area contributed by atoms with E-state index in [1.807, 2.05) is 5.38 Å². The normalized spacial score (nSPS) is 16.9. The highest BCUT2D eigenvalue weighted by molar-refractivity contribution is 7.13. The standard InChI is InChI=1S/C14H23N3O2S/c1-11(2)9-16-5-7-17(8-6-16)14-15-12(10-20-14)3-4-13(18)19/h10-11H,3-9H2,1-2H3,(H,18,19). The summed E-state index contributed by atoms with van der Waals surface area (Å²) in [6.07, 6.45) is 0.685. The summed E-state index contributed by atoms with van der Waals surface area (Å²) in [6.45, 7) is 9.86. The Kier molecular flexibility index (Phi) is 5.37. The van der Waals surface area contributed by atoms with E-state index in [4.69, 9.17) is 5.11 Å². The molecule has 1 saturated heterocycles. The largest absolute Gasteiger partial charge is 0.481 e. The van der Waals surface area contributed by atoms with E-state index in [0.29, 0.717) is 12.3 Å². The highest BCUT2D eigenvalue weighted by atomic mass is 32.1. The fourth-order valence-electron chi connectivity index (χ4n) is 2.43. The van der Waals surface area contributed by atoms with Gasteiger partial charge in [-0.15, -0.1) is 11.3 Å². The summed E-state index contributed by atoms with van der Waals surface area (Å²) in [4.78, 5) is 19.9. The third kappa shape index (κ3) is 4.45. The zero-order valence-electron chi connectivity index (χ0n) is 12.2. The highest BCUT2D eigenvalue weighted by Crippen LogP contribution is 2.22. The molecule has 2 rings (SSSR count). The smallest absolute Gasteiger partial charge is 0.303 e. The highest BCUT2D eigenvalue weighted by Gasteiger charge is 2.19. The van der Waals surface area contributed by atoms with E-state index in [0.717, 1.165) is 43.5 Å². The predicted molar refractivity (Wildman–Crippen MR) is 81.6 cm³/mol. The SMILES string of the molecule is CC(C)CN1CCN(c2nc(CCC(=O)O)cs2)CC1. The van der Waals surface area contributed by atoms with E-state index < -0.39 is 5.97 Å². The summed E-state index contributed by atoms with van der Waals surface area (Å²) >= 11 is 1.63. The van der Waals surface area contributed by atoms with Gasteiger partial charge in [-0.25, -0.2) is 4.98 Å². The van der Waals surface area contributed by atoms with Crippen molar-refractivity contribution in [3.63, 3.8) is 0 Å². The Labute approximate surface area is 124 Å². The molecular formula is C14H23N3O2S. The van der Waals surface area contributed by atoms with Crippen LogP contribution in [0.25, 0.3) is 0 Å². The number of aromatic nitrogens is 1. The van der Waals surface area contributed by atoms with Gasteiger partial charge in [-0.05, 0) is 5.92 Å². The van der Waals surface area contributed by atoms with Crippen LogP contribution in [0.2, 0.25) is 0 Å². The third-order valence-electron chi connectivity index (χ3n) is 3.40. The van der Waals surface area contributed by atoms with Crippen LogP contribution in [0.15, 0.2) is 5.38 Å². The Balaban J connectivity index is 1.83. The second-order valence-corrected chi connectivity index (χ2v) is 6.53. The van der Waals surface area contributed by atoms with E-state index >= 15 is 0 Å². The molecule has 1 fully saturated rings. The molecule has 1 aliphatic rings. The Hall–Kier alpha value is -1.14. The number of rotatable bonds is 6. The molecule has 112 valence electrons. The molecule has 0 amide bonds. The fraction of sp³-hybridized carbons (Fsp3) is 0.714. The van der Waals surface area contributed by atoms with Gasteiger partial charge in [-0.3, -0.25) is 9.69 Å². The summed E-state index contributed by atoms with van der Waals surface area (Å²) in [5.41, 5.74) is 0.900. The zero-order chi connectivity index (χ0) is 14.5. The van der Waals surface area contributed by atoms with E-state index in [1.165, 1.54) is 0 Å². The number of anilines is 1. The lowest BCUT2D eigenvalue weighted by Gasteiger charge is -2.35. The number of aliphatic carboxylic acids is 1. The molecular weight excluding hydrogens is 274 g/mol. The van der Waals surface area contributed by atoms with Crippen LogP contribution in [0.5, 0.6) is 0 Å². The van der Waals surface area contributed by atoms with Gasteiger partial charge in [0.2, 0.25) is 0 Å². The van der Waals surface area contributed by atoms with Crippen LogP contribution in [0, 0.1) is 5.92 Å². The van der Waals surface area contributed by atoms with Gasteiger partial charge in [-0.2, -0.15) is 0 Å². The Morgan fingerprint density at radius 1 is 1.40 bits per heavy atom. The van der Waals surface area contributed by atoms with Crippen molar-refractivity contribution in [2.75, 3.05) is 37.6 Å². The molecule has 0 atom stereocenters. The van der Waals surface area contributed by atoms with Crippen molar-refractivity contribution in [1.82, 2.24) is 9.88 Å². The Morgan fingerprint density at radius 2 is 2.10 bits per heavy atom. The first-order valence-electron chi connectivity index (χ1n) is 7.18. The first-order chi connectivity index (χ1) is 9.54. The molecule has 0 spiro atoms. The van der Waals surface area contributed by atoms with Crippen LogP contribution in [0.3, 0.4) is 0 Å². The van der Waals surface area contributed by atoms with Crippen molar-refractivity contribution < 1.29 is 9.90 Å². The minimum atomic E-state index is -0.762. The van der Waals surface area contributed by atoms with Crippen molar-refractivity contribution >= 4 is 22.4 Å². The number of carbonyl (C=O) groups is 1. The topological polar surface area (TPSA) is 56.7 Å². The number of aryl methyl sites for hydroxylation is 1. The summed E-state index contributed by atoms with van der Waals surface area (Å²) in [6, 6.07) is 0. The Morgan fingerprint density at radius 3 is 2.70 bits per heavy atom. The molecule has 20 heavy (non-hydrogen) atoms. The van der Waals surface area contributed by atoms with Crippen molar-refractivity contribution in [1.29, 1.82) is 0 Å². The lowest BCUT2D eigenvalue weighted by molar-refractivity contribution is -0.136. The first kappa shape index (κ1) is 15.3. The van der Waals surface area contributed by atoms with Crippen LogP contribution in [-0.2, 0) is 11.2 Å². The van der Waals surface area contributed by atoms with Gasteiger partial charge in [0.15, 0.2) is 5.13 Å². The molecule has 1 aromatic rings. The number of nitrogens with zero attached hydrogens (tertiary/aromatic N) is 3. The molecule has 0 saturated carbocycles. The van der Waals surface area contributed by atoms with Gasteiger partial charge in [0.25, 0.3) is 0 Å². The summed E-state index contributed by atoms with van der Waals surface area (Å²) in [5, 5.41) is 11.7. The Bertz CT molecular complexity index is 439. The van der Waals surface area contributed by atoms with Crippen LogP contribution in [0.1, 0.15) is 26.0 Å². The van der Waals surface area contributed by atoms with Crippen molar-refractivity contribution in [3.8, 4) is 0 Å². The molecule has 5 nitrogen and oxygen atoms in total. The second kappa shape index (κ2) is 7.04. The quantitative estimate of drug-likeness (QED) is 0.869. The van der Waals surface area contributed by atoms with Crippen molar-refractivity contribution in [2.45, 2.75) is 26.7 Å². The van der Waals surface area contributed by atoms with Crippen molar-refractivity contribution in [2.24, 2.45) is 5.92 Å². The number of thiazole rings is 1. The van der Waals surface area contributed by atoms with Gasteiger partial charge < -0.3 is 10.0 Å². The molecule has 1 aromatic heterocycles. The number of piperazine rings is 1. The number of hydrogen-bond donors (Lipinski definition) is 1. The van der Waals surface area contributed by atoms with E-state index in [1.54, 1.807) is 11.3 Å². The monoisotopic (exact) mass is 297 g/mol. The zero-order valence-corrected chi connectivity index (χ0v) is 13.0. The number of carboxylic acids is 1. The van der Waals surface area contributed by atoms with Crippen LogP contribution in [-0.4, -0.2) is 53.7 Å². The van der Waals surface area contributed by atoms with E-state index in [-0.39, 0.29) is 6.42 Å². The fourth-order valence-corrected chi connectivity index (χ4v) is 3.34. The molecule has 6 heteroatoms.